The van der Waals surface area contributed by atoms with Gasteiger partial charge < -0.3 is 15.4 Å². The molecule has 3 aliphatic rings. The van der Waals surface area contributed by atoms with Crippen molar-refractivity contribution in [1.82, 2.24) is 30.2 Å². The Hall–Kier alpha value is -4.11. The first kappa shape index (κ1) is 34.7. The number of Topliss-reactive ketones (excluding diaryl/α,β-unsaturated/α-hetero) is 1. The fourth-order valence-corrected chi connectivity index (χ4v) is 8.74. The summed E-state index contributed by atoms with van der Waals surface area (Å²) in [6, 6.07) is 8.09. The zero-order valence-electron chi connectivity index (χ0n) is 28.1. The topological polar surface area (TPSA) is 174 Å². The first-order valence-corrected chi connectivity index (χ1v) is 19.0. The van der Waals surface area contributed by atoms with Crippen LogP contribution in [0.25, 0.3) is 11.4 Å². The number of tetrazole rings is 1. The maximum absolute atomic E-state index is 14.6. The van der Waals surface area contributed by atoms with E-state index in [1.165, 1.54) is 16.1 Å². The zero-order chi connectivity index (χ0) is 35.1. The third kappa shape index (κ3) is 7.28. The maximum atomic E-state index is 14.6. The highest BCUT2D eigenvalue weighted by atomic mass is 32.2. The molecule has 3 saturated carbocycles. The molecule has 3 N–H and O–H groups in total. The minimum absolute atomic E-state index is 0.134. The van der Waals surface area contributed by atoms with Crippen LogP contribution in [0.1, 0.15) is 65.3 Å². The van der Waals surface area contributed by atoms with Crippen LogP contribution >= 0.6 is 11.3 Å². The number of sulfonamides is 1. The number of hydrogen-bond donors (Lipinski definition) is 3. The number of thiophene rings is 1. The lowest BCUT2D eigenvalue weighted by Gasteiger charge is -2.34. The lowest BCUT2D eigenvalue weighted by molar-refractivity contribution is -0.136. The molecule has 262 valence electrons. The number of benzene rings is 1. The Balaban J connectivity index is 1.29. The zero-order valence-corrected chi connectivity index (χ0v) is 29.7. The molecule has 3 aromatic rings. The lowest BCUT2D eigenvalue weighted by Crippen LogP contribution is -2.55. The van der Waals surface area contributed by atoms with E-state index in [9.17, 15) is 22.8 Å². The molecular formula is C34H43N7O6S2. The van der Waals surface area contributed by atoms with Gasteiger partial charge in [0.05, 0.1) is 24.4 Å². The average molecular weight is 710 g/mol. The molecule has 0 saturated heterocycles. The maximum Gasteiger partial charge on any atom is 0.259 e. The minimum Gasteiger partial charge on any atom is -0.497 e. The summed E-state index contributed by atoms with van der Waals surface area (Å²) in [6.45, 7) is 9.69. The van der Waals surface area contributed by atoms with Crippen LogP contribution in [0.4, 0.5) is 5.69 Å². The number of carbonyl (C=O) groups is 3. The highest BCUT2D eigenvalue weighted by Crippen LogP contribution is 2.49. The quantitative estimate of drug-likeness (QED) is 0.207. The first-order valence-electron chi connectivity index (χ1n) is 16.5. The molecule has 0 radical (unpaired) electrons. The standard InChI is InChI=1S/C34H43N7O6S2/c1-6-7-21-18-34(21,32(44)39-49(45,46)25-12-13-25)36-31(43)27-17-23(41-38-30(37-40-41)20-8-10-24(47-5)11-9-20)16-26(27)28(42)29(33(2,3)4)35-22-14-15-48-19-22/h6,8-11,14-15,19,21,23,25-27,29,35H,1,7,12-13,16-18H2,2-5H3,(H,36,43)(H,39,44)/t21-,23+,26?,27-,29?,34+/m1/s1. The van der Waals surface area contributed by atoms with Crippen LogP contribution in [0, 0.1) is 23.2 Å². The summed E-state index contributed by atoms with van der Waals surface area (Å²) >= 11 is 1.51. The molecule has 0 aliphatic heterocycles. The molecule has 2 aromatic heterocycles. The van der Waals surface area contributed by atoms with Gasteiger partial charge in [0, 0.05) is 28.5 Å². The normalized spacial score (nSPS) is 25.6. The van der Waals surface area contributed by atoms with Crippen molar-refractivity contribution in [3.63, 3.8) is 0 Å². The van der Waals surface area contributed by atoms with Gasteiger partial charge in [0.15, 0.2) is 5.78 Å². The number of anilines is 1. The van der Waals surface area contributed by atoms with Crippen LogP contribution in [-0.2, 0) is 24.4 Å². The van der Waals surface area contributed by atoms with Crippen LogP contribution in [0.3, 0.4) is 0 Å². The summed E-state index contributed by atoms with van der Waals surface area (Å²) in [5, 5.41) is 22.8. The van der Waals surface area contributed by atoms with Crippen molar-refractivity contribution in [1.29, 1.82) is 0 Å². The molecule has 6 atom stereocenters. The van der Waals surface area contributed by atoms with Gasteiger partial charge in [-0.15, -0.1) is 16.8 Å². The van der Waals surface area contributed by atoms with Crippen molar-refractivity contribution >= 4 is 44.6 Å². The Morgan fingerprint density at radius 2 is 1.86 bits per heavy atom. The van der Waals surface area contributed by atoms with Gasteiger partial charge >= 0.3 is 0 Å². The van der Waals surface area contributed by atoms with Gasteiger partial charge in [-0.2, -0.15) is 16.1 Å². The van der Waals surface area contributed by atoms with Crippen molar-refractivity contribution in [2.24, 2.45) is 23.2 Å². The van der Waals surface area contributed by atoms with E-state index in [0.29, 0.717) is 30.8 Å². The molecule has 0 bridgehead atoms. The number of amides is 2. The first-order chi connectivity index (χ1) is 23.3. The van der Waals surface area contributed by atoms with Crippen LogP contribution in [0.2, 0.25) is 0 Å². The highest BCUT2D eigenvalue weighted by Gasteiger charge is 2.62. The molecule has 2 unspecified atom stereocenters. The number of nitrogens with zero attached hydrogens (tertiary/aromatic N) is 4. The number of carbonyl (C=O) groups excluding carboxylic acids is 3. The van der Waals surface area contributed by atoms with E-state index in [-0.39, 0.29) is 31.0 Å². The molecule has 3 fully saturated rings. The second-order valence-corrected chi connectivity index (χ2v) is 17.2. The third-order valence-corrected chi connectivity index (χ3v) is 12.3. The Kier molecular flexibility index (Phi) is 9.44. The lowest BCUT2D eigenvalue weighted by atomic mass is 9.77. The smallest absolute Gasteiger partial charge is 0.259 e. The Morgan fingerprint density at radius 1 is 1.14 bits per heavy atom. The second kappa shape index (κ2) is 13.3. The van der Waals surface area contributed by atoms with Crippen molar-refractivity contribution in [3.05, 3.63) is 53.7 Å². The Morgan fingerprint density at radius 3 is 2.47 bits per heavy atom. The van der Waals surface area contributed by atoms with Gasteiger partial charge in [0.2, 0.25) is 21.8 Å². The van der Waals surface area contributed by atoms with Crippen molar-refractivity contribution in [2.75, 3.05) is 12.4 Å². The Bertz CT molecular complexity index is 1820. The molecule has 0 spiro atoms. The number of rotatable bonds is 14. The van der Waals surface area contributed by atoms with Gasteiger partial charge in [-0.05, 0) is 90.8 Å². The molecule has 6 rings (SSSR count). The SMILES string of the molecule is C=CC[C@@H]1C[C@@]1(NC(=O)[C@@H]1C[C@@H](n2nnc(-c3ccc(OC)cc3)n2)CC1C(=O)C(Nc1ccsc1)C(C)(C)C)C(=O)NS(=O)(=O)C1CC1. The minimum atomic E-state index is -3.84. The van der Waals surface area contributed by atoms with E-state index in [1.807, 2.05) is 49.7 Å². The predicted molar refractivity (Wildman–Crippen MR) is 185 cm³/mol. The van der Waals surface area contributed by atoms with Gasteiger partial charge in [0.25, 0.3) is 5.91 Å². The van der Waals surface area contributed by atoms with Crippen LogP contribution in [0.15, 0.2) is 53.7 Å². The molecule has 15 heteroatoms. The molecule has 2 amide bonds. The van der Waals surface area contributed by atoms with Crippen LogP contribution in [-0.4, -0.2) is 70.2 Å². The average Bonchev–Trinajstić information content (AvgIpc) is 3.79. The summed E-state index contributed by atoms with van der Waals surface area (Å²) in [7, 11) is -2.26. The van der Waals surface area contributed by atoms with Crippen molar-refractivity contribution in [3.8, 4) is 17.1 Å². The monoisotopic (exact) mass is 709 g/mol. The van der Waals surface area contributed by atoms with E-state index >= 15 is 0 Å². The number of ether oxygens (including phenoxy) is 1. The molecule has 13 nitrogen and oxygen atoms in total. The molecule has 2 heterocycles. The largest absolute Gasteiger partial charge is 0.497 e. The fourth-order valence-electron chi connectivity index (χ4n) is 6.78. The number of nitrogens with one attached hydrogen (secondary N) is 3. The number of aromatic nitrogens is 4. The number of hydrogen-bond acceptors (Lipinski definition) is 11. The molecular weight excluding hydrogens is 667 g/mol. The van der Waals surface area contributed by atoms with Crippen LogP contribution < -0.4 is 20.1 Å². The number of ketones is 1. The van der Waals surface area contributed by atoms with Crippen molar-refractivity contribution in [2.45, 2.75) is 82.2 Å². The summed E-state index contributed by atoms with van der Waals surface area (Å²) in [4.78, 5) is 43.9. The Labute approximate surface area is 290 Å². The number of methoxy groups -OCH3 is 1. The predicted octanol–water partition coefficient (Wildman–Crippen LogP) is 4.13. The van der Waals surface area contributed by atoms with Gasteiger partial charge in [0.1, 0.15) is 11.3 Å². The summed E-state index contributed by atoms with van der Waals surface area (Å²) < 4.78 is 32.9. The van der Waals surface area contributed by atoms with Gasteiger partial charge in [-0.25, -0.2) is 8.42 Å². The van der Waals surface area contributed by atoms with Crippen molar-refractivity contribution < 1.29 is 27.5 Å². The summed E-state index contributed by atoms with van der Waals surface area (Å²) in [5.41, 5.74) is -0.372. The summed E-state index contributed by atoms with van der Waals surface area (Å²) in [5.74, 6) is -2.18. The number of allylic oxidation sites excluding steroid dienone is 1. The van der Waals surface area contributed by atoms with Gasteiger partial charge in [-0.3, -0.25) is 19.1 Å². The molecule has 3 aliphatic carbocycles. The van der Waals surface area contributed by atoms with Crippen LogP contribution in [0.5, 0.6) is 5.75 Å². The van der Waals surface area contributed by atoms with E-state index in [4.69, 9.17) is 4.74 Å². The molecule has 1 aromatic carbocycles. The fraction of sp³-hybridized carbons (Fsp3) is 0.529. The van der Waals surface area contributed by atoms with E-state index < -0.39 is 62.0 Å². The third-order valence-electron chi connectivity index (χ3n) is 9.83. The van der Waals surface area contributed by atoms with E-state index in [2.05, 4.69) is 37.3 Å². The second-order valence-electron chi connectivity index (χ2n) is 14.4. The van der Waals surface area contributed by atoms with E-state index in [0.717, 1.165) is 11.3 Å². The highest BCUT2D eigenvalue weighted by molar-refractivity contribution is 7.91. The van der Waals surface area contributed by atoms with Gasteiger partial charge in [-0.1, -0.05) is 26.8 Å². The van der Waals surface area contributed by atoms with E-state index in [1.54, 1.807) is 25.3 Å². The molecule has 49 heavy (non-hydrogen) atoms. The summed E-state index contributed by atoms with van der Waals surface area (Å²) in [6.07, 6.45) is 3.83.